The van der Waals surface area contributed by atoms with Crippen LogP contribution in [0.15, 0.2) is 0 Å². The first kappa shape index (κ1) is 17.1. The maximum atomic E-state index is 6.03. The van der Waals surface area contributed by atoms with Gasteiger partial charge < -0.3 is 8.85 Å². The Balaban J connectivity index is 4.16. The van der Waals surface area contributed by atoms with Gasteiger partial charge in [-0.3, -0.25) is 0 Å². The van der Waals surface area contributed by atoms with E-state index in [1.165, 1.54) is 25.7 Å². The standard InChI is InChI=1S/C14H31O2Si/c1-6-9-12-15-17(16-13-10-7-2)14(4,5)11-8-3/h6-13H2,1-5H3. The molecule has 0 aromatic rings. The lowest BCUT2D eigenvalue weighted by Gasteiger charge is -2.30. The molecule has 0 fully saturated rings. The molecule has 0 rings (SSSR count). The minimum atomic E-state index is -1.13. The van der Waals surface area contributed by atoms with E-state index in [4.69, 9.17) is 8.85 Å². The molecule has 0 unspecified atom stereocenters. The summed E-state index contributed by atoms with van der Waals surface area (Å²) in [6.07, 6.45) is 7.08. The fourth-order valence-corrected chi connectivity index (χ4v) is 3.76. The Morgan fingerprint density at radius 2 is 1.29 bits per heavy atom. The zero-order valence-electron chi connectivity index (χ0n) is 12.5. The summed E-state index contributed by atoms with van der Waals surface area (Å²) in [4.78, 5) is 0. The van der Waals surface area contributed by atoms with Gasteiger partial charge >= 0.3 is 9.28 Å². The van der Waals surface area contributed by atoms with E-state index in [0.717, 1.165) is 26.1 Å². The maximum absolute atomic E-state index is 6.03. The maximum Gasteiger partial charge on any atom is 0.390 e. The van der Waals surface area contributed by atoms with Crippen molar-refractivity contribution >= 4 is 9.28 Å². The van der Waals surface area contributed by atoms with Crippen LogP contribution in [0.4, 0.5) is 0 Å². The highest BCUT2D eigenvalue weighted by molar-refractivity contribution is 6.48. The number of hydrogen-bond donors (Lipinski definition) is 0. The molecule has 103 valence electrons. The van der Waals surface area contributed by atoms with Crippen LogP contribution in [0.2, 0.25) is 5.04 Å². The first-order valence-corrected chi connectivity index (χ1v) is 8.53. The summed E-state index contributed by atoms with van der Waals surface area (Å²) in [7, 11) is -1.13. The molecule has 0 aliphatic heterocycles. The Kier molecular flexibility index (Phi) is 10.2. The predicted octanol–water partition coefficient (Wildman–Crippen LogP) is 4.69. The van der Waals surface area contributed by atoms with Gasteiger partial charge in [0.05, 0.1) is 0 Å². The van der Waals surface area contributed by atoms with Crippen LogP contribution in [0.1, 0.15) is 73.1 Å². The Bertz CT molecular complexity index is 162. The van der Waals surface area contributed by atoms with E-state index in [9.17, 15) is 0 Å². The van der Waals surface area contributed by atoms with E-state index in [1.54, 1.807) is 0 Å². The number of unbranched alkanes of at least 4 members (excludes halogenated alkanes) is 2. The molecule has 0 amide bonds. The van der Waals surface area contributed by atoms with Crippen molar-refractivity contribution in [2.45, 2.75) is 78.2 Å². The van der Waals surface area contributed by atoms with Crippen LogP contribution in [0.25, 0.3) is 0 Å². The fraction of sp³-hybridized carbons (Fsp3) is 1.00. The molecule has 0 saturated carbocycles. The van der Waals surface area contributed by atoms with Crippen LogP contribution >= 0.6 is 0 Å². The summed E-state index contributed by atoms with van der Waals surface area (Å²) in [6.45, 7) is 13.0. The van der Waals surface area contributed by atoms with Gasteiger partial charge in [0.2, 0.25) is 0 Å². The van der Waals surface area contributed by atoms with Crippen molar-refractivity contribution in [1.82, 2.24) is 0 Å². The van der Waals surface area contributed by atoms with Gasteiger partial charge in [-0.05, 0) is 19.3 Å². The van der Waals surface area contributed by atoms with E-state index in [1.807, 2.05) is 0 Å². The average Bonchev–Trinajstić information content (AvgIpc) is 2.27. The summed E-state index contributed by atoms with van der Waals surface area (Å²) in [5.41, 5.74) is 0. The summed E-state index contributed by atoms with van der Waals surface area (Å²) < 4.78 is 12.1. The molecular weight excluding hydrogens is 228 g/mol. The van der Waals surface area contributed by atoms with E-state index in [0.29, 0.717) is 0 Å². The van der Waals surface area contributed by atoms with E-state index in [-0.39, 0.29) is 5.04 Å². The van der Waals surface area contributed by atoms with Gasteiger partial charge in [0.25, 0.3) is 0 Å². The number of rotatable bonds is 11. The first-order chi connectivity index (χ1) is 8.08. The summed E-state index contributed by atoms with van der Waals surface area (Å²) in [5, 5.41) is 0.223. The second-order valence-electron chi connectivity index (χ2n) is 5.33. The second-order valence-corrected chi connectivity index (χ2v) is 7.83. The van der Waals surface area contributed by atoms with Gasteiger partial charge in [0.1, 0.15) is 0 Å². The lowest BCUT2D eigenvalue weighted by atomic mass is 10.1. The zero-order valence-corrected chi connectivity index (χ0v) is 13.5. The van der Waals surface area contributed by atoms with E-state index < -0.39 is 9.28 Å². The van der Waals surface area contributed by atoms with Crippen LogP contribution in [0.3, 0.4) is 0 Å². The van der Waals surface area contributed by atoms with Crippen molar-refractivity contribution in [1.29, 1.82) is 0 Å². The van der Waals surface area contributed by atoms with Gasteiger partial charge in [-0.15, -0.1) is 0 Å². The summed E-state index contributed by atoms with van der Waals surface area (Å²) >= 11 is 0. The molecule has 3 heteroatoms. The van der Waals surface area contributed by atoms with Crippen molar-refractivity contribution in [3.8, 4) is 0 Å². The molecule has 0 N–H and O–H groups in total. The highest BCUT2D eigenvalue weighted by Gasteiger charge is 2.35. The van der Waals surface area contributed by atoms with Crippen molar-refractivity contribution < 1.29 is 8.85 Å². The normalized spacial score (nSPS) is 12.4. The molecule has 0 aliphatic rings. The molecule has 0 heterocycles. The third-order valence-corrected chi connectivity index (χ3v) is 5.18. The third kappa shape index (κ3) is 7.95. The topological polar surface area (TPSA) is 18.5 Å². The van der Waals surface area contributed by atoms with Crippen LogP contribution in [-0.4, -0.2) is 22.5 Å². The molecule has 0 saturated heterocycles. The average molecular weight is 259 g/mol. The van der Waals surface area contributed by atoms with Gasteiger partial charge in [0.15, 0.2) is 0 Å². The molecule has 2 nitrogen and oxygen atoms in total. The molecule has 0 bridgehead atoms. The summed E-state index contributed by atoms with van der Waals surface area (Å²) in [6, 6.07) is 0. The SMILES string of the molecule is CCCCO[Si](OCCCC)C(C)(C)CCC. The van der Waals surface area contributed by atoms with Crippen molar-refractivity contribution in [3.63, 3.8) is 0 Å². The molecule has 0 atom stereocenters. The molecule has 0 aromatic heterocycles. The zero-order chi connectivity index (χ0) is 13.1. The van der Waals surface area contributed by atoms with Crippen molar-refractivity contribution in [3.05, 3.63) is 0 Å². The van der Waals surface area contributed by atoms with Crippen LogP contribution in [0.5, 0.6) is 0 Å². The quantitative estimate of drug-likeness (QED) is 0.396. The van der Waals surface area contributed by atoms with Gasteiger partial charge in [0, 0.05) is 18.3 Å². The van der Waals surface area contributed by atoms with Gasteiger partial charge in [-0.2, -0.15) is 0 Å². The smallest absolute Gasteiger partial charge is 0.390 e. The first-order valence-electron chi connectivity index (χ1n) is 7.21. The lowest BCUT2D eigenvalue weighted by molar-refractivity contribution is 0.168. The van der Waals surface area contributed by atoms with Crippen LogP contribution in [0, 0.1) is 0 Å². The molecule has 17 heavy (non-hydrogen) atoms. The van der Waals surface area contributed by atoms with E-state index in [2.05, 4.69) is 34.6 Å². The van der Waals surface area contributed by atoms with Gasteiger partial charge in [-0.1, -0.05) is 53.9 Å². The second kappa shape index (κ2) is 10.1. The molecule has 0 aromatic carbocycles. The van der Waals surface area contributed by atoms with E-state index >= 15 is 0 Å². The highest BCUT2D eigenvalue weighted by atomic mass is 28.3. The largest absolute Gasteiger partial charge is 0.393 e. The van der Waals surface area contributed by atoms with Crippen molar-refractivity contribution in [2.75, 3.05) is 13.2 Å². The summed E-state index contributed by atoms with van der Waals surface area (Å²) in [5.74, 6) is 0. The minimum Gasteiger partial charge on any atom is -0.393 e. The molecule has 0 spiro atoms. The Labute approximate surface area is 110 Å². The Hall–Kier alpha value is 0.137. The Morgan fingerprint density at radius 1 is 0.824 bits per heavy atom. The molecule has 1 radical (unpaired) electrons. The lowest BCUT2D eigenvalue weighted by Crippen LogP contribution is -2.35. The number of hydrogen-bond acceptors (Lipinski definition) is 2. The van der Waals surface area contributed by atoms with Crippen LogP contribution < -0.4 is 0 Å². The third-order valence-electron chi connectivity index (χ3n) is 2.89. The molecular formula is C14H31O2Si. The monoisotopic (exact) mass is 259 g/mol. The fourth-order valence-electron chi connectivity index (χ4n) is 1.78. The Morgan fingerprint density at radius 3 is 1.65 bits per heavy atom. The van der Waals surface area contributed by atoms with Crippen molar-refractivity contribution in [2.24, 2.45) is 0 Å². The highest BCUT2D eigenvalue weighted by Crippen LogP contribution is 2.35. The molecule has 0 aliphatic carbocycles. The predicted molar refractivity (Wildman–Crippen MR) is 76.4 cm³/mol. The minimum absolute atomic E-state index is 0.223. The van der Waals surface area contributed by atoms with Crippen LogP contribution in [-0.2, 0) is 8.85 Å². The van der Waals surface area contributed by atoms with Gasteiger partial charge in [-0.25, -0.2) is 0 Å².